The van der Waals surface area contributed by atoms with Crippen LogP contribution in [-0.2, 0) is 0 Å². The molecule has 0 aliphatic carbocycles. The molecule has 1 N–H and O–H groups in total. The van der Waals surface area contributed by atoms with E-state index >= 15 is 0 Å². The predicted molar refractivity (Wildman–Crippen MR) is 113 cm³/mol. The Balaban J connectivity index is 1.84. The second kappa shape index (κ2) is 8.99. The first kappa shape index (κ1) is 18.6. The van der Waals surface area contributed by atoms with E-state index in [4.69, 9.17) is 0 Å². The van der Waals surface area contributed by atoms with E-state index in [-0.39, 0.29) is 5.69 Å². The molecule has 0 saturated heterocycles. The summed E-state index contributed by atoms with van der Waals surface area (Å²) in [5, 5.41) is 23.4. The Hall–Kier alpha value is -3.14. The van der Waals surface area contributed by atoms with Gasteiger partial charge in [0.2, 0.25) is 5.84 Å². The average molecular weight is 471 g/mol. The zero-order valence-electron chi connectivity index (χ0n) is 14.0. The van der Waals surface area contributed by atoms with Gasteiger partial charge >= 0.3 is 0 Å². The Kier molecular flexibility index (Phi) is 6.21. The van der Waals surface area contributed by atoms with E-state index in [9.17, 15) is 10.1 Å². The molecule has 0 aliphatic rings. The molecule has 0 saturated carbocycles. The first-order valence-electron chi connectivity index (χ1n) is 7.93. The van der Waals surface area contributed by atoms with Crippen LogP contribution in [0.25, 0.3) is 0 Å². The van der Waals surface area contributed by atoms with Crippen LogP contribution in [0.2, 0.25) is 0 Å². The Bertz CT molecular complexity index is 971. The molecular weight excluding hydrogens is 457 g/mol. The Morgan fingerprint density at radius 2 is 1.59 bits per heavy atom. The summed E-state index contributed by atoms with van der Waals surface area (Å²) in [7, 11) is 0. The molecule has 0 bridgehead atoms. The van der Waals surface area contributed by atoms with Crippen molar-refractivity contribution in [2.75, 3.05) is 5.43 Å². The van der Waals surface area contributed by atoms with Crippen LogP contribution in [0, 0.1) is 13.7 Å². The smallest absolute Gasteiger partial charge is 0.269 e. The topological polar surface area (TPSA) is 92.2 Å². The van der Waals surface area contributed by atoms with E-state index in [0.717, 1.165) is 14.8 Å². The molecule has 3 aromatic carbocycles. The van der Waals surface area contributed by atoms with Crippen molar-refractivity contribution >= 4 is 45.5 Å². The molecule has 0 aliphatic heterocycles. The maximum absolute atomic E-state index is 10.7. The molecular formula is C19H14IN5O2. The molecule has 3 aromatic rings. The molecule has 3 rings (SSSR count). The van der Waals surface area contributed by atoms with Crippen molar-refractivity contribution in [2.24, 2.45) is 15.3 Å². The lowest BCUT2D eigenvalue weighted by Crippen LogP contribution is -2.01. The van der Waals surface area contributed by atoms with E-state index in [1.807, 2.05) is 54.6 Å². The number of amidine groups is 1. The van der Waals surface area contributed by atoms with E-state index < -0.39 is 4.92 Å². The third-order valence-corrected chi connectivity index (χ3v) is 4.21. The number of hydrazone groups is 1. The molecule has 27 heavy (non-hydrogen) atoms. The number of rotatable bonds is 5. The molecule has 134 valence electrons. The van der Waals surface area contributed by atoms with Gasteiger partial charge in [0.25, 0.3) is 5.69 Å². The highest BCUT2D eigenvalue weighted by atomic mass is 127. The molecule has 0 unspecified atom stereocenters. The fraction of sp³-hybridized carbons (Fsp3) is 0. The fourth-order valence-electron chi connectivity index (χ4n) is 2.12. The van der Waals surface area contributed by atoms with Gasteiger partial charge in [0, 0.05) is 21.3 Å². The standard InChI is InChI=1S/C19H14IN5O2/c20-15-6-8-16(9-7-15)21-23-19(14-4-2-1-3-5-14)24-22-17-10-12-18(13-11-17)25(26)27/h1-13,21H/b23-19-,24-22+. The van der Waals surface area contributed by atoms with Crippen LogP contribution < -0.4 is 5.43 Å². The largest absolute Gasteiger partial charge is 0.276 e. The van der Waals surface area contributed by atoms with E-state index in [0.29, 0.717) is 11.5 Å². The molecule has 0 spiro atoms. The van der Waals surface area contributed by atoms with Crippen molar-refractivity contribution in [1.29, 1.82) is 0 Å². The third-order valence-electron chi connectivity index (χ3n) is 3.49. The van der Waals surface area contributed by atoms with Crippen molar-refractivity contribution in [3.8, 4) is 0 Å². The number of nitro benzene ring substituents is 1. The number of hydrogen-bond donors (Lipinski definition) is 1. The minimum atomic E-state index is -0.456. The van der Waals surface area contributed by atoms with Gasteiger partial charge in [0.05, 0.1) is 16.3 Å². The Morgan fingerprint density at radius 1 is 0.926 bits per heavy atom. The van der Waals surface area contributed by atoms with Gasteiger partial charge in [0.15, 0.2) is 0 Å². The number of hydrogen-bond acceptors (Lipinski definition) is 5. The summed E-state index contributed by atoms with van der Waals surface area (Å²) in [6.07, 6.45) is 0. The summed E-state index contributed by atoms with van der Waals surface area (Å²) in [6, 6.07) is 23.1. The van der Waals surface area contributed by atoms with E-state index in [1.54, 1.807) is 0 Å². The van der Waals surface area contributed by atoms with Gasteiger partial charge in [-0.1, -0.05) is 30.3 Å². The minimum absolute atomic E-state index is 0.00581. The maximum atomic E-state index is 10.7. The monoisotopic (exact) mass is 471 g/mol. The van der Waals surface area contributed by atoms with Crippen molar-refractivity contribution < 1.29 is 4.92 Å². The third kappa shape index (κ3) is 5.42. The number of nitrogens with zero attached hydrogens (tertiary/aromatic N) is 4. The van der Waals surface area contributed by atoms with Crippen LogP contribution in [-0.4, -0.2) is 10.8 Å². The second-order valence-corrected chi connectivity index (χ2v) is 6.64. The van der Waals surface area contributed by atoms with Crippen LogP contribution >= 0.6 is 22.6 Å². The number of azo groups is 1. The molecule has 0 radical (unpaired) electrons. The Labute approximate surface area is 169 Å². The van der Waals surface area contributed by atoms with Gasteiger partial charge in [-0.3, -0.25) is 15.5 Å². The second-order valence-electron chi connectivity index (χ2n) is 5.39. The highest BCUT2D eigenvalue weighted by molar-refractivity contribution is 14.1. The van der Waals surface area contributed by atoms with Crippen molar-refractivity contribution in [2.45, 2.75) is 0 Å². The zero-order valence-corrected chi connectivity index (χ0v) is 16.1. The first-order valence-corrected chi connectivity index (χ1v) is 9.00. The van der Waals surface area contributed by atoms with E-state index in [2.05, 4.69) is 43.3 Å². The lowest BCUT2D eigenvalue weighted by atomic mass is 10.2. The molecule has 0 heterocycles. The van der Waals surface area contributed by atoms with Gasteiger partial charge in [-0.25, -0.2) is 0 Å². The SMILES string of the molecule is O=[N+]([O-])c1ccc(/N=N/C(=N\Nc2ccc(I)cc2)c2ccccc2)cc1. The van der Waals surface area contributed by atoms with Gasteiger partial charge in [0.1, 0.15) is 0 Å². The maximum Gasteiger partial charge on any atom is 0.269 e. The van der Waals surface area contributed by atoms with Gasteiger partial charge in [-0.2, -0.15) is 5.10 Å². The highest BCUT2D eigenvalue weighted by Crippen LogP contribution is 2.19. The van der Waals surface area contributed by atoms with Crippen LogP contribution in [0.5, 0.6) is 0 Å². The quantitative estimate of drug-likeness (QED) is 0.128. The summed E-state index contributed by atoms with van der Waals surface area (Å²) in [6.45, 7) is 0. The summed E-state index contributed by atoms with van der Waals surface area (Å²) in [4.78, 5) is 10.3. The average Bonchev–Trinajstić information content (AvgIpc) is 2.70. The Morgan fingerprint density at radius 3 is 2.22 bits per heavy atom. The van der Waals surface area contributed by atoms with Gasteiger partial charge in [-0.15, -0.1) is 10.2 Å². The summed E-state index contributed by atoms with van der Waals surface area (Å²) < 4.78 is 1.13. The van der Waals surface area contributed by atoms with E-state index in [1.165, 1.54) is 24.3 Å². The number of anilines is 1. The van der Waals surface area contributed by atoms with Crippen molar-refractivity contribution in [1.82, 2.24) is 0 Å². The number of halogens is 1. The molecule has 0 amide bonds. The van der Waals surface area contributed by atoms with Gasteiger partial charge < -0.3 is 0 Å². The number of nitrogens with one attached hydrogen (secondary N) is 1. The summed E-state index contributed by atoms with van der Waals surface area (Å²) in [5.74, 6) is 0.396. The first-order chi connectivity index (χ1) is 13.1. The van der Waals surface area contributed by atoms with Crippen molar-refractivity contribution in [3.05, 3.63) is 98.1 Å². The lowest BCUT2D eigenvalue weighted by Gasteiger charge is -2.03. The molecule has 0 fully saturated rings. The molecule has 0 aromatic heterocycles. The van der Waals surface area contributed by atoms with Crippen LogP contribution in [0.3, 0.4) is 0 Å². The van der Waals surface area contributed by atoms with Gasteiger partial charge in [-0.05, 0) is 59.0 Å². The number of nitro groups is 1. The fourth-order valence-corrected chi connectivity index (χ4v) is 2.48. The van der Waals surface area contributed by atoms with Crippen LogP contribution in [0.4, 0.5) is 17.1 Å². The predicted octanol–water partition coefficient (Wildman–Crippen LogP) is 5.76. The summed E-state index contributed by atoms with van der Waals surface area (Å²) >= 11 is 2.23. The highest BCUT2D eigenvalue weighted by Gasteiger charge is 2.05. The number of benzene rings is 3. The van der Waals surface area contributed by atoms with Crippen LogP contribution in [0.1, 0.15) is 5.56 Å². The molecule has 0 atom stereocenters. The zero-order chi connectivity index (χ0) is 19.1. The lowest BCUT2D eigenvalue weighted by molar-refractivity contribution is -0.384. The normalized spacial score (nSPS) is 11.5. The molecule has 8 heteroatoms. The minimum Gasteiger partial charge on any atom is -0.276 e. The molecule has 7 nitrogen and oxygen atoms in total. The number of non-ortho nitro benzene ring substituents is 1. The van der Waals surface area contributed by atoms with Crippen molar-refractivity contribution in [3.63, 3.8) is 0 Å². The van der Waals surface area contributed by atoms with Crippen LogP contribution in [0.15, 0.2) is 94.2 Å². The summed E-state index contributed by atoms with van der Waals surface area (Å²) in [5.41, 5.74) is 5.10.